The van der Waals surface area contributed by atoms with Gasteiger partial charge in [0, 0.05) is 28.7 Å². The summed E-state index contributed by atoms with van der Waals surface area (Å²) < 4.78 is 0. The van der Waals surface area contributed by atoms with E-state index in [4.69, 9.17) is 0 Å². The molecule has 1 heterocycles. The molecule has 0 fully saturated rings. The number of aromatic hydroxyl groups is 1. The zero-order chi connectivity index (χ0) is 18.8. The molecule has 0 aliphatic rings. The molecular weight excluding hydrogens is 334 g/mol. The molecule has 3 rings (SSSR count). The number of nitrogens with zero attached hydrogens (tertiary/aromatic N) is 2. The van der Waals surface area contributed by atoms with Gasteiger partial charge in [-0.15, -0.1) is 0 Å². The molecule has 0 amide bonds. The van der Waals surface area contributed by atoms with Gasteiger partial charge < -0.3 is 10.1 Å². The Hall–Kier alpha value is -3.92. The number of Topliss-reactive ketones (excluding diaryl/α,β-unsaturated/α-hetero) is 1. The highest BCUT2D eigenvalue weighted by Crippen LogP contribution is 2.28. The van der Waals surface area contributed by atoms with Crippen molar-refractivity contribution in [2.75, 3.05) is 0 Å². The first-order valence-corrected chi connectivity index (χ1v) is 7.63. The minimum absolute atomic E-state index is 0.158. The fourth-order valence-corrected chi connectivity index (χ4v) is 2.78. The van der Waals surface area contributed by atoms with Crippen LogP contribution in [0.15, 0.2) is 48.2 Å². The van der Waals surface area contributed by atoms with Crippen LogP contribution < -0.4 is 0 Å². The molecule has 0 saturated heterocycles. The lowest BCUT2D eigenvalue weighted by atomic mass is 9.99. The first kappa shape index (κ1) is 16.9. The Balaban J connectivity index is 2.07. The summed E-state index contributed by atoms with van der Waals surface area (Å²) in [5.74, 6) is -0.965. The summed E-state index contributed by atoms with van der Waals surface area (Å²) in [5, 5.41) is 30.6. The summed E-state index contributed by atoms with van der Waals surface area (Å²) in [6, 6.07) is 11.1. The molecule has 0 radical (unpaired) electrons. The highest BCUT2D eigenvalue weighted by molar-refractivity contribution is 6.20. The van der Waals surface area contributed by atoms with Crippen LogP contribution in [-0.4, -0.2) is 20.8 Å². The fourth-order valence-electron chi connectivity index (χ4n) is 2.78. The molecule has 0 bridgehead atoms. The van der Waals surface area contributed by atoms with Crippen molar-refractivity contribution in [2.24, 2.45) is 0 Å². The van der Waals surface area contributed by atoms with E-state index in [0.717, 1.165) is 28.6 Å². The smallest absolute Gasteiger partial charge is 0.311 e. The predicted octanol–water partition coefficient (Wildman–Crippen LogP) is 3.88. The number of aromatic amines is 1. The van der Waals surface area contributed by atoms with Gasteiger partial charge in [0.1, 0.15) is 11.6 Å². The normalized spacial score (nSPS) is 11.3. The average Bonchev–Trinajstić information content (AvgIpc) is 3.05. The number of nitrogens with one attached hydrogen (secondary N) is 1. The van der Waals surface area contributed by atoms with Crippen molar-refractivity contribution in [2.45, 2.75) is 6.92 Å². The van der Waals surface area contributed by atoms with Crippen LogP contribution in [-0.2, 0) is 0 Å². The van der Waals surface area contributed by atoms with Gasteiger partial charge in [0.15, 0.2) is 5.75 Å². The Morgan fingerprint density at radius 3 is 2.81 bits per heavy atom. The number of ketones is 1. The number of hydrogen-bond acceptors (Lipinski definition) is 5. The quantitative estimate of drug-likeness (QED) is 0.244. The Morgan fingerprint density at radius 2 is 2.12 bits per heavy atom. The minimum Gasteiger partial charge on any atom is -0.502 e. The number of hydrogen-bond donors (Lipinski definition) is 2. The summed E-state index contributed by atoms with van der Waals surface area (Å²) in [4.78, 5) is 26.0. The number of benzene rings is 2. The zero-order valence-electron chi connectivity index (χ0n) is 13.7. The number of aryl methyl sites for hydroxylation is 1. The Kier molecular flexibility index (Phi) is 4.25. The molecule has 7 nitrogen and oxygen atoms in total. The van der Waals surface area contributed by atoms with Gasteiger partial charge in [-0.05, 0) is 36.3 Å². The third-order valence-electron chi connectivity index (χ3n) is 4.03. The molecule has 0 aliphatic carbocycles. The lowest BCUT2D eigenvalue weighted by Gasteiger charge is -2.02. The Bertz CT molecular complexity index is 1120. The van der Waals surface area contributed by atoms with Crippen LogP contribution in [0.25, 0.3) is 17.0 Å². The summed E-state index contributed by atoms with van der Waals surface area (Å²) in [7, 11) is 0. The molecule has 0 saturated carbocycles. The Morgan fingerprint density at radius 1 is 1.35 bits per heavy atom. The van der Waals surface area contributed by atoms with E-state index in [9.17, 15) is 25.3 Å². The van der Waals surface area contributed by atoms with E-state index < -0.39 is 22.1 Å². The second-order valence-electron chi connectivity index (χ2n) is 5.70. The summed E-state index contributed by atoms with van der Waals surface area (Å²) in [6.07, 6.45) is 2.82. The predicted molar refractivity (Wildman–Crippen MR) is 95.7 cm³/mol. The molecule has 2 aromatic carbocycles. The lowest BCUT2D eigenvalue weighted by molar-refractivity contribution is -0.385. The van der Waals surface area contributed by atoms with E-state index in [0.29, 0.717) is 5.56 Å². The molecule has 26 heavy (non-hydrogen) atoms. The number of nitro groups is 1. The highest BCUT2D eigenvalue weighted by atomic mass is 16.6. The van der Waals surface area contributed by atoms with Gasteiger partial charge in [0.2, 0.25) is 5.78 Å². The van der Waals surface area contributed by atoms with Gasteiger partial charge in [-0.3, -0.25) is 14.9 Å². The molecule has 7 heteroatoms. The van der Waals surface area contributed by atoms with Crippen molar-refractivity contribution in [3.8, 4) is 11.8 Å². The zero-order valence-corrected chi connectivity index (χ0v) is 13.7. The first-order chi connectivity index (χ1) is 12.4. The van der Waals surface area contributed by atoms with Crippen LogP contribution in [0.4, 0.5) is 5.69 Å². The van der Waals surface area contributed by atoms with Crippen molar-refractivity contribution in [1.82, 2.24) is 4.98 Å². The van der Waals surface area contributed by atoms with Crippen LogP contribution in [0, 0.1) is 28.4 Å². The molecule has 0 aliphatic heterocycles. The molecular formula is C19H13N3O4. The van der Waals surface area contributed by atoms with Crippen molar-refractivity contribution >= 4 is 28.4 Å². The van der Waals surface area contributed by atoms with Crippen LogP contribution in [0.3, 0.4) is 0 Å². The topological polar surface area (TPSA) is 120 Å². The maximum absolute atomic E-state index is 12.8. The highest BCUT2D eigenvalue weighted by Gasteiger charge is 2.19. The molecule has 1 aromatic heterocycles. The van der Waals surface area contributed by atoms with Crippen molar-refractivity contribution in [1.29, 1.82) is 5.26 Å². The maximum atomic E-state index is 12.8. The SMILES string of the molecule is Cc1cccc2[nH]cc(C(=O)C(C#N)=Cc3ccc(O)c([N+](=O)[O-])c3)c12. The maximum Gasteiger partial charge on any atom is 0.311 e. The van der Waals surface area contributed by atoms with Gasteiger partial charge in [-0.1, -0.05) is 18.2 Å². The summed E-state index contributed by atoms with van der Waals surface area (Å²) >= 11 is 0. The van der Waals surface area contributed by atoms with Gasteiger partial charge in [-0.2, -0.15) is 5.26 Å². The van der Waals surface area contributed by atoms with Crippen molar-refractivity contribution < 1.29 is 14.8 Å². The van der Waals surface area contributed by atoms with E-state index in [1.165, 1.54) is 12.1 Å². The van der Waals surface area contributed by atoms with Crippen LogP contribution in [0.1, 0.15) is 21.5 Å². The van der Waals surface area contributed by atoms with Crippen LogP contribution in [0.2, 0.25) is 0 Å². The second kappa shape index (κ2) is 6.53. The van der Waals surface area contributed by atoms with Crippen LogP contribution >= 0.6 is 0 Å². The van der Waals surface area contributed by atoms with Gasteiger partial charge in [0.25, 0.3) is 0 Å². The first-order valence-electron chi connectivity index (χ1n) is 7.63. The lowest BCUT2D eigenvalue weighted by Crippen LogP contribution is -2.01. The molecule has 0 atom stereocenters. The number of rotatable bonds is 4. The van der Waals surface area contributed by atoms with E-state index in [2.05, 4.69) is 4.98 Å². The second-order valence-corrected chi connectivity index (χ2v) is 5.70. The number of nitriles is 1. The van der Waals surface area contributed by atoms with E-state index in [1.807, 2.05) is 31.2 Å². The average molecular weight is 347 g/mol. The molecule has 3 aromatic rings. The van der Waals surface area contributed by atoms with Crippen molar-refractivity contribution in [3.63, 3.8) is 0 Å². The number of carbonyl (C=O) groups is 1. The van der Waals surface area contributed by atoms with E-state index >= 15 is 0 Å². The summed E-state index contributed by atoms with van der Waals surface area (Å²) in [6.45, 7) is 1.87. The Labute approximate surface area is 148 Å². The monoisotopic (exact) mass is 347 g/mol. The summed E-state index contributed by atoms with van der Waals surface area (Å²) in [5.41, 5.74) is 1.66. The number of aromatic nitrogens is 1. The standard InChI is InChI=1S/C19H13N3O4/c1-11-3-2-4-15-18(11)14(10-21-15)19(24)13(9-20)7-12-5-6-17(23)16(8-12)22(25)26/h2-8,10,21,23H,1H3. The molecule has 0 unspecified atom stereocenters. The number of carbonyl (C=O) groups excluding carboxylic acids is 1. The van der Waals surface area contributed by atoms with Gasteiger partial charge in [0.05, 0.1) is 4.92 Å². The molecule has 2 N–H and O–H groups in total. The van der Waals surface area contributed by atoms with Crippen molar-refractivity contribution in [3.05, 3.63) is 75.0 Å². The number of H-pyrrole nitrogens is 1. The largest absolute Gasteiger partial charge is 0.502 e. The van der Waals surface area contributed by atoms with Gasteiger partial charge in [-0.25, -0.2) is 0 Å². The van der Waals surface area contributed by atoms with Crippen LogP contribution in [0.5, 0.6) is 5.75 Å². The number of fused-ring (bicyclic) bond motifs is 1. The molecule has 128 valence electrons. The third-order valence-corrected chi connectivity index (χ3v) is 4.03. The molecule has 0 spiro atoms. The third kappa shape index (κ3) is 2.91. The number of nitro benzene ring substituents is 1. The van der Waals surface area contributed by atoms with E-state index in [-0.39, 0.29) is 11.1 Å². The van der Waals surface area contributed by atoms with E-state index in [1.54, 1.807) is 6.20 Å². The fraction of sp³-hybridized carbons (Fsp3) is 0.0526. The number of phenolic OH excluding ortho intramolecular Hbond substituents is 1. The van der Waals surface area contributed by atoms with Gasteiger partial charge >= 0.3 is 5.69 Å². The minimum atomic E-state index is -0.733. The number of phenols is 1. The number of allylic oxidation sites excluding steroid dienone is 1.